The largest absolute Gasteiger partial charge is 0.495 e. The van der Waals surface area contributed by atoms with Crippen LogP contribution in [0, 0.1) is 12.3 Å². The summed E-state index contributed by atoms with van der Waals surface area (Å²) in [7, 11) is 1.51. The molecule has 0 spiro atoms. The van der Waals surface area contributed by atoms with Gasteiger partial charge in [-0.15, -0.1) is 0 Å². The molecule has 0 aromatic heterocycles. The number of anilines is 1. The minimum Gasteiger partial charge on any atom is -0.495 e. The Labute approximate surface area is 155 Å². The monoisotopic (exact) mass is 368 g/mol. The van der Waals surface area contributed by atoms with Gasteiger partial charge in [0, 0.05) is 24.2 Å². The Morgan fingerprint density at radius 3 is 2.24 bits per heavy atom. The predicted molar refractivity (Wildman–Crippen MR) is 102 cm³/mol. The lowest BCUT2D eigenvalue weighted by Crippen LogP contribution is -2.47. The van der Waals surface area contributed by atoms with Gasteiger partial charge < -0.3 is 15.0 Å². The van der Waals surface area contributed by atoms with Crippen LogP contribution >= 0.6 is 11.6 Å². The van der Waals surface area contributed by atoms with Crippen molar-refractivity contribution in [2.24, 2.45) is 5.41 Å². The summed E-state index contributed by atoms with van der Waals surface area (Å²) in [6.45, 7) is 10.5. The number of nitrogens with one attached hydrogen (secondary N) is 1. The number of ether oxygens (including phenoxy) is 1. The van der Waals surface area contributed by atoms with E-state index >= 15 is 0 Å². The van der Waals surface area contributed by atoms with Gasteiger partial charge in [0.25, 0.3) is 0 Å². The molecule has 0 fully saturated rings. The molecule has 1 N–H and O–H groups in total. The van der Waals surface area contributed by atoms with Gasteiger partial charge in [0.15, 0.2) is 0 Å². The molecule has 6 heteroatoms. The number of carbonyl (C=O) groups excluding carboxylic acids is 2. The second kappa shape index (κ2) is 9.09. The Bertz CT molecular complexity index is 623. The SMILES string of the molecule is CCCN(CCC)C(=O)C(C)(C)C(=O)Nc1cc(C)c(Cl)cc1OC. The van der Waals surface area contributed by atoms with Gasteiger partial charge in [0.1, 0.15) is 11.2 Å². The highest BCUT2D eigenvalue weighted by atomic mass is 35.5. The lowest BCUT2D eigenvalue weighted by Gasteiger charge is -2.31. The average Bonchev–Trinajstić information content (AvgIpc) is 2.56. The van der Waals surface area contributed by atoms with Crippen LogP contribution in [0.15, 0.2) is 12.1 Å². The Kier molecular flexibility index (Phi) is 7.74. The summed E-state index contributed by atoms with van der Waals surface area (Å²) in [6, 6.07) is 3.40. The summed E-state index contributed by atoms with van der Waals surface area (Å²) < 4.78 is 5.29. The van der Waals surface area contributed by atoms with Crippen molar-refractivity contribution in [2.75, 3.05) is 25.5 Å². The van der Waals surface area contributed by atoms with E-state index in [0.717, 1.165) is 18.4 Å². The molecular formula is C19H29ClN2O3. The van der Waals surface area contributed by atoms with Crippen LogP contribution in [-0.2, 0) is 9.59 Å². The van der Waals surface area contributed by atoms with Crippen LogP contribution in [0.5, 0.6) is 5.75 Å². The Hall–Kier alpha value is -1.75. The maximum Gasteiger partial charge on any atom is 0.239 e. The highest BCUT2D eigenvalue weighted by molar-refractivity contribution is 6.31. The minimum atomic E-state index is -1.18. The molecule has 0 atom stereocenters. The summed E-state index contributed by atoms with van der Waals surface area (Å²) >= 11 is 6.10. The van der Waals surface area contributed by atoms with Gasteiger partial charge in [-0.1, -0.05) is 25.4 Å². The zero-order chi connectivity index (χ0) is 19.2. The number of hydrogen-bond acceptors (Lipinski definition) is 3. The third-order valence-electron chi connectivity index (χ3n) is 4.11. The molecule has 0 bridgehead atoms. The topological polar surface area (TPSA) is 58.6 Å². The predicted octanol–water partition coefficient (Wildman–Crippen LogP) is 4.27. The van der Waals surface area contributed by atoms with Crippen LogP contribution in [0.25, 0.3) is 0 Å². The van der Waals surface area contributed by atoms with E-state index in [2.05, 4.69) is 5.32 Å². The number of nitrogens with zero attached hydrogens (tertiary/aromatic N) is 1. The Morgan fingerprint density at radius 1 is 1.20 bits per heavy atom. The number of amides is 2. The molecule has 0 aliphatic carbocycles. The van der Waals surface area contributed by atoms with Crippen LogP contribution < -0.4 is 10.1 Å². The number of rotatable bonds is 8. The Balaban J connectivity index is 3.05. The molecule has 5 nitrogen and oxygen atoms in total. The first-order valence-corrected chi connectivity index (χ1v) is 9.01. The normalized spacial score (nSPS) is 11.2. The van der Waals surface area contributed by atoms with E-state index in [1.165, 1.54) is 7.11 Å². The van der Waals surface area contributed by atoms with Crippen LogP contribution in [0.4, 0.5) is 5.69 Å². The summed E-state index contributed by atoms with van der Waals surface area (Å²) in [5.41, 5.74) is 0.149. The third-order valence-corrected chi connectivity index (χ3v) is 4.51. The smallest absolute Gasteiger partial charge is 0.239 e. The fraction of sp³-hybridized carbons (Fsp3) is 0.579. The number of hydrogen-bond donors (Lipinski definition) is 1. The van der Waals surface area contributed by atoms with E-state index in [0.29, 0.717) is 29.5 Å². The van der Waals surface area contributed by atoms with Crippen molar-refractivity contribution in [1.82, 2.24) is 4.90 Å². The summed E-state index contributed by atoms with van der Waals surface area (Å²) in [5, 5.41) is 3.38. The van der Waals surface area contributed by atoms with E-state index in [1.807, 2.05) is 20.8 Å². The van der Waals surface area contributed by atoms with E-state index in [-0.39, 0.29) is 11.8 Å². The zero-order valence-electron chi connectivity index (χ0n) is 16.0. The van der Waals surface area contributed by atoms with Crippen molar-refractivity contribution in [3.05, 3.63) is 22.7 Å². The van der Waals surface area contributed by atoms with Gasteiger partial charge in [-0.3, -0.25) is 9.59 Å². The van der Waals surface area contributed by atoms with Crippen LogP contribution in [0.1, 0.15) is 46.1 Å². The molecule has 2 amide bonds. The van der Waals surface area contributed by atoms with E-state index in [1.54, 1.807) is 30.9 Å². The molecule has 0 radical (unpaired) electrons. The van der Waals surface area contributed by atoms with Gasteiger partial charge in [-0.05, 0) is 45.2 Å². The van der Waals surface area contributed by atoms with Gasteiger partial charge in [-0.2, -0.15) is 0 Å². The molecule has 0 aliphatic heterocycles. The number of aryl methyl sites for hydroxylation is 1. The molecule has 1 rings (SSSR count). The number of carbonyl (C=O) groups is 2. The third kappa shape index (κ3) is 5.11. The summed E-state index contributed by atoms with van der Waals surface area (Å²) in [6.07, 6.45) is 1.71. The van der Waals surface area contributed by atoms with Gasteiger partial charge in [-0.25, -0.2) is 0 Å². The first kappa shape index (κ1) is 21.3. The minimum absolute atomic E-state index is 0.168. The van der Waals surface area contributed by atoms with Crippen molar-refractivity contribution in [3.63, 3.8) is 0 Å². The van der Waals surface area contributed by atoms with Crippen molar-refractivity contribution in [2.45, 2.75) is 47.5 Å². The van der Waals surface area contributed by atoms with Crippen molar-refractivity contribution in [1.29, 1.82) is 0 Å². The highest BCUT2D eigenvalue weighted by Crippen LogP contribution is 2.32. The van der Waals surface area contributed by atoms with E-state index < -0.39 is 5.41 Å². The highest BCUT2D eigenvalue weighted by Gasteiger charge is 2.39. The van der Waals surface area contributed by atoms with E-state index in [4.69, 9.17) is 16.3 Å². The number of halogens is 1. The second-order valence-corrected chi connectivity index (χ2v) is 7.08. The maximum absolute atomic E-state index is 12.9. The van der Waals surface area contributed by atoms with Crippen molar-refractivity contribution in [3.8, 4) is 5.75 Å². The molecule has 25 heavy (non-hydrogen) atoms. The van der Waals surface area contributed by atoms with Crippen molar-refractivity contribution >= 4 is 29.1 Å². The molecule has 0 saturated carbocycles. The Morgan fingerprint density at radius 2 is 1.76 bits per heavy atom. The van der Waals surface area contributed by atoms with Gasteiger partial charge >= 0.3 is 0 Å². The molecule has 0 saturated heterocycles. The second-order valence-electron chi connectivity index (χ2n) is 6.67. The zero-order valence-corrected chi connectivity index (χ0v) is 16.8. The maximum atomic E-state index is 12.9. The lowest BCUT2D eigenvalue weighted by atomic mass is 9.89. The molecule has 0 aliphatic rings. The lowest BCUT2D eigenvalue weighted by molar-refractivity contribution is -0.146. The quantitative estimate of drug-likeness (QED) is 0.697. The first-order chi connectivity index (χ1) is 11.7. The van der Waals surface area contributed by atoms with Gasteiger partial charge in [0.2, 0.25) is 11.8 Å². The molecule has 140 valence electrons. The summed E-state index contributed by atoms with van der Waals surface area (Å²) in [5.74, 6) is -0.0701. The van der Waals surface area contributed by atoms with E-state index in [9.17, 15) is 9.59 Å². The standard InChI is InChI=1S/C19H29ClN2O3/c1-7-9-22(10-8-2)18(24)19(4,5)17(23)21-15-11-13(3)14(20)12-16(15)25-6/h11-12H,7-10H2,1-6H3,(H,21,23). The van der Waals surface area contributed by atoms with Gasteiger partial charge in [0.05, 0.1) is 12.8 Å². The van der Waals surface area contributed by atoms with Crippen LogP contribution in [0.2, 0.25) is 5.02 Å². The molecule has 0 unspecified atom stereocenters. The van der Waals surface area contributed by atoms with Crippen LogP contribution in [0.3, 0.4) is 0 Å². The number of benzene rings is 1. The molecule has 0 heterocycles. The fourth-order valence-corrected chi connectivity index (χ4v) is 2.71. The average molecular weight is 369 g/mol. The number of methoxy groups -OCH3 is 1. The molecule has 1 aromatic rings. The fourth-order valence-electron chi connectivity index (χ4n) is 2.56. The summed E-state index contributed by atoms with van der Waals surface area (Å²) in [4.78, 5) is 27.4. The van der Waals surface area contributed by atoms with Crippen molar-refractivity contribution < 1.29 is 14.3 Å². The molecule has 1 aromatic carbocycles. The van der Waals surface area contributed by atoms with Crippen LogP contribution in [-0.4, -0.2) is 36.9 Å². The molecular weight excluding hydrogens is 340 g/mol. The first-order valence-electron chi connectivity index (χ1n) is 8.63.